The smallest absolute Gasteiger partial charge is 0.257 e. The number of carbonyl (C=O) groups excluding carboxylic acids is 2. The van der Waals surface area contributed by atoms with Gasteiger partial charge in [-0.3, -0.25) is 14.3 Å². The highest BCUT2D eigenvalue weighted by molar-refractivity contribution is 5.95. The summed E-state index contributed by atoms with van der Waals surface area (Å²) in [4.78, 5) is 29.4. The first-order valence-corrected chi connectivity index (χ1v) is 9.21. The number of aromatic nitrogens is 2. The van der Waals surface area contributed by atoms with Crippen molar-refractivity contribution in [3.63, 3.8) is 0 Å². The zero-order valence-corrected chi connectivity index (χ0v) is 15.5. The van der Waals surface area contributed by atoms with Gasteiger partial charge in [0.05, 0.1) is 29.4 Å². The van der Waals surface area contributed by atoms with Crippen LogP contribution in [-0.4, -0.2) is 51.5 Å². The highest BCUT2D eigenvalue weighted by Crippen LogP contribution is 2.35. The van der Waals surface area contributed by atoms with Gasteiger partial charge in [0.1, 0.15) is 0 Å². The first-order chi connectivity index (χ1) is 12.0. The molecule has 1 aromatic heterocycles. The van der Waals surface area contributed by atoms with Gasteiger partial charge < -0.3 is 9.80 Å². The monoisotopic (exact) mass is 344 g/mol. The van der Waals surface area contributed by atoms with E-state index in [4.69, 9.17) is 0 Å². The lowest BCUT2D eigenvalue weighted by Crippen LogP contribution is -2.43. The Bertz CT molecular complexity index is 694. The van der Waals surface area contributed by atoms with E-state index < -0.39 is 0 Å². The average molecular weight is 344 g/mol. The van der Waals surface area contributed by atoms with Crippen LogP contribution in [-0.2, 0) is 17.9 Å². The third kappa shape index (κ3) is 3.34. The molecular weight excluding hydrogens is 316 g/mol. The average Bonchev–Trinajstić information content (AvgIpc) is 2.90. The van der Waals surface area contributed by atoms with E-state index in [0.717, 1.165) is 44.5 Å². The predicted octanol–water partition coefficient (Wildman–Crippen LogP) is 2.45. The maximum absolute atomic E-state index is 13.2. The van der Waals surface area contributed by atoms with Crippen LogP contribution in [0.15, 0.2) is 18.3 Å². The van der Waals surface area contributed by atoms with Crippen molar-refractivity contribution in [2.45, 2.75) is 52.6 Å². The Morgan fingerprint density at radius 2 is 2.12 bits per heavy atom. The zero-order valence-electron chi connectivity index (χ0n) is 15.5. The fourth-order valence-corrected chi connectivity index (χ4v) is 3.68. The van der Waals surface area contributed by atoms with E-state index in [1.165, 1.54) is 0 Å². The van der Waals surface area contributed by atoms with Crippen LogP contribution in [0.5, 0.6) is 0 Å². The number of amides is 2. The van der Waals surface area contributed by atoms with Crippen LogP contribution in [0.2, 0.25) is 0 Å². The number of rotatable bonds is 3. The highest BCUT2D eigenvalue weighted by Gasteiger charge is 2.37. The Labute approximate surface area is 149 Å². The lowest BCUT2D eigenvalue weighted by Gasteiger charge is -2.35. The fourth-order valence-electron chi connectivity index (χ4n) is 3.68. The summed E-state index contributed by atoms with van der Waals surface area (Å²) >= 11 is 0. The molecular formula is C19H28N4O2. The summed E-state index contributed by atoms with van der Waals surface area (Å²) in [5.74, 6) is 0.179. The molecule has 2 aliphatic rings. The minimum Gasteiger partial charge on any atom is -0.342 e. The lowest BCUT2D eigenvalue weighted by atomic mass is 9.77. The van der Waals surface area contributed by atoms with Gasteiger partial charge in [-0.05, 0) is 32.6 Å². The van der Waals surface area contributed by atoms with Gasteiger partial charge in [0, 0.05) is 26.7 Å². The Kier molecular flexibility index (Phi) is 4.97. The Balaban J connectivity index is 1.85. The van der Waals surface area contributed by atoms with Crippen LogP contribution < -0.4 is 0 Å². The molecule has 1 unspecified atom stereocenters. The molecule has 0 bridgehead atoms. The maximum Gasteiger partial charge on any atom is 0.257 e. The van der Waals surface area contributed by atoms with Crippen LogP contribution in [0.1, 0.15) is 55.6 Å². The molecule has 0 saturated carbocycles. The molecule has 3 rings (SSSR count). The van der Waals surface area contributed by atoms with Crippen molar-refractivity contribution >= 4 is 11.8 Å². The Hall–Kier alpha value is -2.11. The molecule has 136 valence electrons. The number of hydrogen-bond acceptors (Lipinski definition) is 3. The maximum atomic E-state index is 13.2. The summed E-state index contributed by atoms with van der Waals surface area (Å²) in [6, 6.07) is 0. The SMILES string of the molecule is CCN(C)C(=O)c1cnn2c1CN(C(=O)C1(C)CC=CCC1)CCC2. The number of allylic oxidation sites excluding steroid dienone is 2. The number of aryl methyl sites for hydroxylation is 1. The van der Waals surface area contributed by atoms with Crippen molar-refractivity contribution in [1.29, 1.82) is 0 Å². The second kappa shape index (κ2) is 7.02. The molecule has 1 aromatic rings. The summed E-state index contributed by atoms with van der Waals surface area (Å²) in [5, 5.41) is 4.40. The van der Waals surface area contributed by atoms with Gasteiger partial charge in [0.2, 0.25) is 5.91 Å². The van der Waals surface area contributed by atoms with Crippen LogP contribution in [0.25, 0.3) is 0 Å². The fraction of sp³-hybridized carbons (Fsp3) is 0.632. The second-order valence-corrected chi connectivity index (χ2v) is 7.40. The number of hydrogen-bond donors (Lipinski definition) is 0. The molecule has 0 spiro atoms. The molecule has 2 heterocycles. The van der Waals surface area contributed by atoms with Crippen molar-refractivity contribution in [3.05, 3.63) is 29.6 Å². The van der Waals surface area contributed by atoms with Gasteiger partial charge in [-0.2, -0.15) is 5.10 Å². The molecule has 0 radical (unpaired) electrons. The summed E-state index contributed by atoms with van der Waals surface area (Å²) in [5.41, 5.74) is 1.16. The molecule has 0 saturated heterocycles. The highest BCUT2D eigenvalue weighted by atomic mass is 16.2. The Morgan fingerprint density at radius 1 is 1.32 bits per heavy atom. The number of fused-ring (bicyclic) bond motifs is 1. The van der Waals surface area contributed by atoms with Crippen molar-refractivity contribution in [2.75, 3.05) is 20.1 Å². The molecule has 25 heavy (non-hydrogen) atoms. The molecule has 0 N–H and O–H groups in total. The van der Waals surface area contributed by atoms with Gasteiger partial charge in [-0.1, -0.05) is 19.1 Å². The van der Waals surface area contributed by atoms with E-state index in [9.17, 15) is 9.59 Å². The topological polar surface area (TPSA) is 58.4 Å². The van der Waals surface area contributed by atoms with E-state index in [1.54, 1.807) is 18.1 Å². The lowest BCUT2D eigenvalue weighted by molar-refractivity contribution is -0.142. The van der Waals surface area contributed by atoms with Crippen molar-refractivity contribution in [1.82, 2.24) is 19.6 Å². The summed E-state index contributed by atoms with van der Waals surface area (Å²) < 4.78 is 1.90. The largest absolute Gasteiger partial charge is 0.342 e. The molecule has 0 aromatic carbocycles. The first-order valence-electron chi connectivity index (χ1n) is 9.21. The normalized spacial score (nSPS) is 23.1. The van der Waals surface area contributed by atoms with Gasteiger partial charge in [-0.25, -0.2) is 0 Å². The third-order valence-corrected chi connectivity index (χ3v) is 5.54. The van der Waals surface area contributed by atoms with Crippen molar-refractivity contribution in [3.8, 4) is 0 Å². The molecule has 0 fully saturated rings. The zero-order chi connectivity index (χ0) is 18.0. The van der Waals surface area contributed by atoms with Gasteiger partial charge in [0.25, 0.3) is 5.91 Å². The molecule has 1 atom stereocenters. The summed E-state index contributed by atoms with van der Waals surface area (Å²) in [7, 11) is 1.79. The van der Waals surface area contributed by atoms with E-state index in [-0.39, 0.29) is 17.2 Å². The van der Waals surface area contributed by atoms with Crippen LogP contribution in [0.3, 0.4) is 0 Å². The van der Waals surface area contributed by atoms with E-state index in [0.29, 0.717) is 18.7 Å². The third-order valence-electron chi connectivity index (χ3n) is 5.54. The second-order valence-electron chi connectivity index (χ2n) is 7.40. The minimum atomic E-state index is -0.325. The van der Waals surface area contributed by atoms with Crippen molar-refractivity contribution < 1.29 is 9.59 Å². The molecule has 1 aliphatic heterocycles. The van der Waals surface area contributed by atoms with Gasteiger partial charge in [-0.15, -0.1) is 0 Å². The number of nitrogens with zero attached hydrogens (tertiary/aromatic N) is 4. The molecule has 1 aliphatic carbocycles. The van der Waals surface area contributed by atoms with Gasteiger partial charge >= 0.3 is 0 Å². The van der Waals surface area contributed by atoms with Crippen molar-refractivity contribution in [2.24, 2.45) is 5.41 Å². The standard InChI is InChI=1S/C19H28N4O2/c1-4-21(3)17(24)15-13-20-23-12-8-11-22(14-16(15)23)18(25)19(2)9-6-5-7-10-19/h5-6,13H,4,7-12,14H2,1-3H3. The van der Waals surface area contributed by atoms with E-state index >= 15 is 0 Å². The van der Waals surface area contributed by atoms with Crippen LogP contribution in [0.4, 0.5) is 0 Å². The summed E-state index contributed by atoms with van der Waals surface area (Å²) in [6.45, 7) is 6.61. The van der Waals surface area contributed by atoms with E-state index in [1.807, 2.05) is 16.5 Å². The van der Waals surface area contributed by atoms with Crippen LogP contribution in [0, 0.1) is 5.41 Å². The quantitative estimate of drug-likeness (QED) is 0.792. The number of carbonyl (C=O) groups is 2. The van der Waals surface area contributed by atoms with Crippen LogP contribution >= 0.6 is 0 Å². The Morgan fingerprint density at radius 3 is 2.80 bits per heavy atom. The molecule has 2 amide bonds. The predicted molar refractivity (Wildman–Crippen MR) is 96.0 cm³/mol. The summed E-state index contributed by atoms with van der Waals surface area (Å²) in [6.07, 6.45) is 9.44. The van der Waals surface area contributed by atoms with Gasteiger partial charge in [0.15, 0.2) is 0 Å². The molecule has 6 nitrogen and oxygen atoms in total. The minimum absolute atomic E-state index is 0.0233. The van der Waals surface area contributed by atoms with E-state index in [2.05, 4.69) is 24.2 Å². The molecule has 6 heteroatoms. The first kappa shape index (κ1) is 17.7.